The topological polar surface area (TPSA) is 52.7 Å². The number of carbonyl (C=O) groups is 2. The molecule has 164 valence electrons. The number of nitrogens with one attached hydrogen (secondary N) is 1. The van der Waals surface area contributed by atoms with E-state index in [1.165, 1.54) is 10.5 Å². The monoisotopic (exact) mass is 459 g/mol. The largest absolute Gasteiger partial charge is 0.352 e. The Bertz CT molecular complexity index is 936. The molecule has 0 saturated carbocycles. The second-order valence-electron chi connectivity index (χ2n) is 8.59. The number of carbonyl (C=O) groups excluding carboxylic acids is 2. The zero-order valence-corrected chi connectivity index (χ0v) is 19.1. The number of hydrogen-bond acceptors (Lipinski definition) is 3. The summed E-state index contributed by atoms with van der Waals surface area (Å²) in [5, 5.41) is 4.42. The molecule has 0 aromatic heterocycles. The molecule has 2 saturated heterocycles. The average Bonchev–Trinajstić information content (AvgIpc) is 2.96. The number of amides is 2. The van der Waals surface area contributed by atoms with Crippen molar-refractivity contribution in [1.82, 2.24) is 15.1 Å². The van der Waals surface area contributed by atoms with E-state index < -0.39 is 0 Å². The summed E-state index contributed by atoms with van der Waals surface area (Å²) in [5.41, 5.74) is 1.75. The Morgan fingerprint density at radius 2 is 1.71 bits per heavy atom. The van der Waals surface area contributed by atoms with Crippen LogP contribution in [0.15, 0.2) is 48.5 Å². The van der Waals surface area contributed by atoms with Crippen LogP contribution in [-0.2, 0) is 11.3 Å². The minimum absolute atomic E-state index is 0.0334. The summed E-state index contributed by atoms with van der Waals surface area (Å²) in [6, 6.07) is 15.9. The molecule has 2 heterocycles. The van der Waals surface area contributed by atoms with Crippen LogP contribution in [0.2, 0.25) is 10.0 Å². The van der Waals surface area contributed by atoms with Gasteiger partial charge in [-0.25, -0.2) is 0 Å². The zero-order chi connectivity index (χ0) is 22.0. The fraction of sp³-hybridized carbons (Fsp3) is 0.417. The van der Waals surface area contributed by atoms with E-state index in [9.17, 15) is 9.59 Å². The molecule has 7 heteroatoms. The molecule has 0 radical (unpaired) electrons. The first-order valence-electron chi connectivity index (χ1n) is 10.7. The highest BCUT2D eigenvalue weighted by atomic mass is 35.5. The molecule has 31 heavy (non-hydrogen) atoms. The van der Waals surface area contributed by atoms with Gasteiger partial charge in [0.25, 0.3) is 5.91 Å². The van der Waals surface area contributed by atoms with Crippen LogP contribution in [0.25, 0.3) is 0 Å². The van der Waals surface area contributed by atoms with Gasteiger partial charge in [0.05, 0.1) is 6.54 Å². The van der Waals surface area contributed by atoms with Gasteiger partial charge in [0.15, 0.2) is 0 Å². The Morgan fingerprint density at radius 3 is 2.35 bits per heavy atom. The van der Waals surface area contributed by atoms with Crippen molar-refractivity contribution in [2.75, 3.05) is 13.6 Å². The van der Waals surface area contributed by atoms with Crippen LogP contribution in [0.3, 0.4) is 0 Å². The molecule has 2 bridgehead atoms. The Morgan fingerprint density at radius 1 is 1.03 bits per heavy atom. The summed E-state index contributed by atoms with van der Waals surface area (Å²) >= 11 is 12.0. The van der Waals surface area contributed by atoms with Crippen molar-refractivity contribution in [3.8, 4) is 0 Å². The van der Waals surface area contributed by atoms with Crippen molar-refractivity contribution in [1.29, 1.82) is 0 Å². The van der Waals surface area contributed by atoms with E-state index in [-0.39, 0.29) is 24.4 Å². The van der Waals surface area contributed by atoms with Crippen LogP contribution in [0.5, 0.6) is 0 Å². The first-order valence-corrected chi connectivity index (χ1v) is 11.4. The smallest absolute Gasteiger partial charge is 0.254 e. The van der Waals surface area contributed by atoms with Gasteiger partial charge >= 0.3 is 0 Å². The van der Waals surface area contributed by atoms with Crippen molar-refractivity contribution in [2.45, 2.75) is 50.4 Å². The molecule has 2 aliphatic heterocycles. The van der Waals surface area contributed by atoms with E-state index >= 15 is 0 Å². The van der Waals surface area contributed by atoms with Crippen molar-refractivity contribution in [2.24, 2.45) is 0 Å². The van der Waals surface area contributed by atoms with E-state index in [1.807, 2.05) is 12.1 Å². The van der Waals surface area contributed by atoms with Crippen LogP contribution >= 0.6 is 23.2 Å². The highest BCUT2D eigenvalue weighted by molar-refractivity contribution is 6.31. The fourth-order valence-corrected chi connectivity index (χ4v) is 5.17. The summed E-state index contributed by atoms with van der Waals surface area (Å²) < 4.78 is 0. The normalized spacial score (nSPS) is 22.9. The van der Waals surface area contributed by atoms with Crippen LogP contribution in [0.4, 0.5) is 0 Å². The number of benzene rings is 2. The highest BCUT2D eigenvalue weighted by Crippen LogP contribution is 2.37. The van der Waals surface area contributed by atoms with E-state index in [0.717, 1.165) is 37.3 Å². The molecule has 2 amide bonds. The molecular weight excluding hydrogens is 433 g/mol. The minimum Gasteiger partial charge on any atom is -0.352 e. The van der Waals surface area contributed by atoms with Gasteiger partial charge in [0, 0.05) is 47.3 Å². The van der Waals surface area contributed by atoms with Crippen LogP contribution in [0, 0.1) is 0 Å². The van der Waals surface area contributed by atoms with Crippen LogP contribution < -0.4 is 5.32 Å². The number of nitrogens with zero attached hydrogens (tertiary/aromatic N) is 2. The highest BCUT2D eigenvalue weighted by Gasteiger charge is 2.40. The molecule has 3 atom stereocenters. The average molecular weight is 460 g/mol. The minimum atomic E-state index is -0.212. The van der Waals surface area contributed by atoms with Crippen molar-refractivity contribution >= 4 is 35.0 Å². The first kappa shape index (κ1) is 22.1. The van der Waals surface area contributed by atoms with Crippen molar-refractivity contribution in [3.63, 3.8) is 0 Å². The van der Waals surface area contributed by atoms with Gasteiger partial charge in [-0.05, 0) is 61.6 Å². The lowest BCUT2D eigenvalue weighted by atomic mass is 9.96. The van der Waals surface area contributed by atoms with Gasteiger partial charge in [0.1, 0.15) is 0 Å². The van der Waals surface area contributed by atoms with Gasteiger partial charge in [-0.3, -0.25) is 14.5 Å². The quantitative estimate of drug-likeness (QED) is 0.697. The Kier molecular flexibility index (Phi) is 6.85. The van der Waals surface area contributed by atoms with Crippen molar-refractivity contribution < 1.29 is 9.59 Å². The molecule has 0 aliphatic carbocycles. The molecule has 1 unspecified atom stereocenters. The summed E-state index contributed by atoms with van der Waals surface area (Å²) in [4.78, 5) is 29.2. The standard InChI is InChI=1S/C24H27Cl2N3O2/c1-28(24(31)17-3-2-4-19(26)11-17)15-23(30)27-20-12-21-9-10-22(13-20)29(21)14-16-5-7-18(25)8-6-16/h2-8,11,20-22H,9-10,12-15H2,1H3,(H,27,30)/t20?,21-,22+. The molecule has 2 aliphatic rings. The van der Waals surface area contributed by atoms with E-state index in [2.05, 4.69) is 22.3 Å². The molecule has 2 aromatic rings. The maximum Gasteiger partial charge on any atom is 0.254 e. The number of likely N-dealkylation sites (N-methyl/N-ethyl adjacent to an activating group) is 1. The molecule has 1 N–H and O–H groups in total. The lowest BCUT2D eigenvalue weighted by molar-refractivity contribution is -0.122. The third kappa shape index (κ3) is 5.40. The van der Waals surface area contributed by atoms with E-state index in [0.29, 0.717) is 22.7 Å². The second kappa shape index (κ2) is 9.60. The Hall–Kier alpha value is -2.08. The van der Waals surface area contributed by atoms with Gasteiger partial charge in [-0.2, -0.15) is 0 Å². The molecule has 5 nitrogen and oxygen atoms in total. The number of piperidine rings is 1. The second-order valence-corrected chi connectivity index (χ2v) is 9.46. The molecular formula is C24H27Cl2N3O2. The summed E-state index contributed by atoms with van der Waals surface area (Å²) in [5.74, 6) is -0.330. The molecule has 4 rings (SSSR count). The maximum atomic E-state index is 12.6. The van der Waals surface area contributed by atoms with Gasteiger partial charge in [-0.15, -0.1) is 0 Å². The van der Waals surface area contributed by atoms with Gasteiger partial charge < -0.3 is 10.2 Å². The predicted molar refractivity (Wildman–Crippen MR) is 123 cm³/mol. The number of hydrogen-bond donors (Lipinski definition) is 1. The molecule has 0 spiro atoms. The van der Waals surface area contributed by atoms with Gasteiger partial charge in [0.2, 0.25) is 5.91 Å². The van der Waals surface area contributed by atoms with E-state index in [4.69, 9.17) is 23.2 Å². The van der Waals surface area contributed by atoms with Crippen LogP contribution in [0.1, 0.15) is 41.6 Å². The lowest BCUT2D eigenvalue weighted by Gasteiger charge is -2.39. The fourth-order valence-electron chi connectivity index (χ4n) is 4.85. The summed E-state index contributed by atoms with van der Waals surface area (Å²) in [6.45, 7) is 0.954. The SMILES string of the molecule is CN(CC(=O)NC1C[C@H]2CC[C@@H](C1)N2Cc1ccc(Cl)cc1)C(=O)c1cccc(Cl)c1. The summed E-state index contributed by atoms with van der Waals surface area (Å²) in [6.07, 6.45) is 4.22. The Labute approximate surface area is 193 Å². The first-order chi connectivity index (χ1) is 14.9. The predicted octanol–water partition coefficient (Wildman–Crippen LogP) is 4.38. The van der Waals surface area contributed by atoms with Crippen LogP contribution in [-0.4, -0.2) is 53.3 Å². The lowest BCUT2D eigenvalue weighted by Crippen LogP contribution is -2.51. The molecule has 2 fully saturated rings. The third-order valence-corrected chi connectivity index (χ3v) is 6.81. The third-order valence-electron chi connectivity index (χ3n) is 6.33. The number of fused-ring (bicyclic) bond motifs is 2. The van der Waals surface area contributed by atoms with E-state index in [1.54, 1.807) is 31.3 Å². The molecule has 2 aromatic carbocycles. The van der Waals surface area contributed by atoms with Gasteiger partial charge in [-0.1, -0.05) is 41.4 Å². The summed E-state index contributed by atoms with van der Waals surface area (Å²) in [7, 11) is 1.64. The van der Waals surface area contributed by atoms with Crippen molar-refractivity contribution in [3.05, 3.63) is 69.7 Å². The number of halogens is 2. The zero-order valence-electron chi connectivity index (χ0n) is 17.6. The Balaban J connectivity index is 1.29. The maximum absolute atomic E-state index is 12.6. The number of rotatable bonds is 6.